The number of sulfone groups is 1. The number of carbonyl (C=O) groups excluding carboxylic acids is 2. The molecular formula is C17H21N3O5S. The zero-order valence-electron chi connectivity index (χ0n) is 14.3. The zero-order valence-corrected chi connectivity index (χ0v) is 15.2. The van der Waals surface area contributed by atoms with Crippen LogP contribution in [0.25, 0.3) is 0 Å². The van der Waals surface area contributed by atoms with Crippen molar-refractivity contribution in [3.8, 4) is 0 Å². The summed E-state index contributed by atoms with van der Waals surface area (Å²) in [6, 6.07) is 3.32. The normalized spacial score (nSPS) is 25.2. The number of amides is 2. The SMILES string of the molecule is O=C(C1=NN(C2CCS(=O)(=O)C2)C(=O)CC1)N(Cc1ccco1)C1CC1. The topological polar surface area (TPSA) is 100 Å². The Morgan fingerprint density at radius 3 is 2.73 bits per heavy atom. The molecule has 1 saturated carbocycles. The van der Waals surface area contributed by atoms with E-state index in [1.165, 1.54) is 5.01 Å². The van der Waals surface area contributed by atoms with Crippen molar-refractivity contribution in [3.63, 3.8) is 0 Å². The lowest BCUT2D eigenvalue weighted by atomic mass is 10.1. The van der Waals surface area contributed by atoms with Crippen molar-refractivity contribution in [1.29, 1.82) is 0 Å². The minimum absolute atomic E-state index is 0.0624. The van der Waals surface area contributed by atoms with Gasteiger partial charge in [0.2, 0.25) is 5.91 Å². The molecule has 1 atom stereocenters. The molecule has 1 unspecified atom stereocenters. The first-order valence-electron chi connectivity index (χ1n) is 8.86. The summed E-state index contributed by atoms with van der Waals surface area (Å²) in [7, 11) is -3.13. The summed E-state index contributed by atoms with van der Waals surface area (Å²) in [4.78, 5) is 27.0. The summed E-state index contributed by atoms with van der Waals surface area (Å²) in [5.41, 5.74) is 0.326. The second-order valence-corrected chi connectivity index (χ2v) is 9.31. The van der Waals surface area contributed by atoms with E-state index < -0.39 is 15.9 Å². The molecule has 1 aromatic heterocycles. The summed E-state index contributed by atoms with van der Waals surface area (Å²) in [6.45, 7) is 0.376. The molecule has 2 fully saturated rings. The van der Waals surface area contributed by atoms with Gasteiger partial charge in [-0.1, -0.05) is 0 Å². The number of hydrogen-bond donors (Lipinski definition) is 0. The summed E-state index contributed by atoms with van der Waals surface area (Å²) < 4.78 is 28.8. The van der Waals surface area contributed by atoms with Crippen LogP contribution in [0.1, 0.15) is 37.9 Å². The van der Waals surface area contributed by atoms with Crippen LogP contribution >= 0.6 is 0 Å². The van der Waals surface area contributed by atoms with Gasteiger partial charge in [-0.25, -0.2) is 13.4 Å². The van der Waals surface area contributed by atoms with Crippen LogP contribution in [0.15, 0.2) is 27.9 Å². The number of furan rings is 1. The van der Waals surface area contributed by atoms with Gasteiger partial charge >= 0.3 is 0 Å². The van der Waals surface area contributed by atoms with Crippen LogP contribution in [0.4, 0.5) is 0 Å². The largest absolute Gasteiger partial charge is 0.467 e. The average Bonchev–Trinajstić information content (AvgIpc) is 3.19. The van der Waals surface area contributed by atoms with E-state index in [0.29, 0.717) is 24.4 Å². The second-order valence-electron chi connectivity index (χ2n) is 7.09. The fraction of sp³-hybridized carbons (Fsp3) is 0.588. The van der Waals surface area contributed by atoms with Crippen LogP contribution in [0.5, 0.6) is 0 Å². The van der Waals surface area contributed by atoms with Gasteiger partial charge in [0.05, 0.1) is 30.4 Å². The highest BCUT2D eigenvalue weighted by Crippen LogP contribution is 2.30. The third-order valence-corrected chi connectivity index (χ3v) is 6.77. The van der Waals surface area contributed by atoms with E-state index in [2.05, 4.69) is 5.10 Å². The Morgan fingerprint density at radius 2 is 2.12 bits per heavy atom. The van der Waals surface area contributed by atoms with Crippen molar-refractivity contribution >= 4 is 27.4 Å². The molecule has 26 heavy (non-hydrogen) atoms. The van der Waals surface area contributed by atoms with E-state index >= 15 is 0 Å². The lowest BCUT2D eigenvalue weighted by Gasteiger charge is -2.29. The molecule has 4 rings (SSSR count). The predicted octanol–water partition coefficient (Wildman–Crippen LogP) is 0.936. The predicted molar refractivity (Wildman–Crippen MR) is 92.9 cm³/mol. The van der Waals surface area contributed by atoms with Crippen molar-refractivity contribution < 1.29 is 22.4 Å². The molecule has 2 amide bonds. The third-order valence-electron chi connectivity index (χ3n) is 5.02. The summed E-state index contributed by atoms with van der Waals surface area (Å²) in [6.07, 6.45) is 4.31. The maximum Gasteiger partial charge on any atom is 0.270 e. The van der Waals surface area contributed by atoms with Crippen molar-refractivity contribution in [1.82, 2.24) is 9.91 Å². The molecule has 3 aliphatic rings. The molecule has 0 bridgehead atoms. The Hall–Kier alpha value is -2.16. The molecule has 1 saturated heterocycles. The van der Waals surface area contributed by atoms with E-state index in [4.69, 9.17) is 4.42 Å². The van der Waals surface area contributed by atoms with Gasteiger partial charge in [0.25, 0.3) is 5.91 Å². The first-order valence-corrected chi connectivity index (χ1v) is 10.7. The minimum Gasteiger partial charge on any atom is -0.467 e. The maximum atomic E-state index is 13.0. The Labute approximate surface area is 151 Å². The smallest absolute Gasteiger partial charge is 0.270 e. The van der Waals surface area contributed by atoms with E-state index in [9.17, 15) is 18.0 Å². The molecular weight excluding hydrogens is 358 g/mol. The minimum atomic E-state index is -3.13. The monoisotopic (exact) mass is 379 g/mol. The Morgan fingerprint density at radius 1 is 1.31 bits per heavy atom. The van der Waals surface area contributed by atoms with Gasteiger partial charge in [-0.15, -0.1) is 0 Å². The van der Waals surface area contributed by atoms with Crippen molar-refractivity contribution in [2.45, 2.75) is 50.7 Å². The molecule has 140 valence electrons. The summed E-state index contributed by atoms with van der Waals surface area (Å²) >= 11 is 0. The van der Waals surface area contributed by atoms with Gasteiger partial charge in [-0.05, 0) is 31.4 Å². The average molecular weight is 379 g/mol. The summed E-state index contributed by atoms with van der Waals surface area (Å²) in [5, 5.41) is 5.52. The lowest BCUT2D eigenvalue weighted by molar-refractivity contribution is -0.134. The van der Waals surface area contributed by atoms with Crippen LogP contribution in [0.2, 0.25) is 0 Å². The Bertz CT molecular complexity index is 842. The summed E-state index contributed by atoms with van der Waals surface area (Å²) in [5.74, 6) is 0.279. The van der Waals surface area contributed by atoms with E-state index in [1.54, 1.807) is 17.2 Å². The number of rotatable bonds is 5. The van der Waals surface area contributed by atoms with Crippen LogP contribution in [0, 0.1) is 0 Å². The zero-order chi connectivity index (χ0) is 18.3. The molecule has 0 spiro atoms. The van der Waals surface area contributed by atoms with Gasteiger partial charge in [0.1, 0.15) is 11.5 Å². The Kier molecular flexibility index (Phi) is 4.34. The maximum absolute atomic E-state index is 13.0. The molecule has 2 aliphatic heterocycles. The van der Waals surface area contributed by atoms with E-state index in [-0.39, 0.29) is 42.2 Å². The molecule has 0 N–H and O–H groups in total. The molecule has 0 radical (unpaired) electrons. The van der Waals surface area contributed by atoms with Crippen LogP contribution in [0.3, 0.4) is 0 Å². The number of nitrogens with zero attached hydrogens (tertiary/aromatic N) is 3. The van der Waals surface area contributed by atoms with Gasteiger partial charge < -0.3 is 9.32 Å². The number of hydrazone groups is 1. The Balaban J connectivity index is 1.54. The second kappa shape index (κ2) is 6.53. The van der Waals surface area contributed by atoms with Crippen LogP contribution < -0.4 is 0 Å². The number of hydrogen-bond acceptors (Lipinski definition) is 6. The van der Waals surface area contributed by atoms with Gasteiger partial charge in [0.15, 0.2) is 9.84 Å². The molecule has 1 aliphatic carbocycles. The highest BCUT2D eigenvalue weighted by atomic mass is 32.2. The van der Waals surface area contributed by atoms with Gasteiger partial charge in [-0.3, -0.25) is 9.59 Å². The first-order chi connectivity index (χ1) is 12.4. The van der Waals surface area contributed by atoms with Crippen molar-refractivity contribution in [2.75, 3.05) is 11.5 Å². The van der Waals surface area contributed by atoms with Crippen molar-refractivity contribution in [3.05, 3.63) is 24.2 Å². The third kappa shape index (κ3) is 3.53. The molecule has 9 heteroatoms. The van der Waals surface area contributed by atoms with Crippen LogP contribution in [-0.4, -0.2) is 59.4 Å². The molecule has 3 heterocycles. The fourth-order valence-electron chi connectivity index (χ4n) is 3.47. The standard InChI is InChI=1S/C17H21N3O5S/c21-16-6-5-15(18-20(16)13-7-9-26(23,24)11-13)17(22)19(12-3-4-12)10-14-2-1-8-25-14/h1-2,8,12-13H,3-7,9-11H2. The van der Waals surface area contributed by atoms with Gasteiger partial charge in [-0.2, -0.15) is 5.10 Å². The van der Waals surface area contributed by atoms with E-state index in [1.807, 2.05) is 6.07 Å². The molecule has 8 nitrogen and oxygen atoms in total. The highest BCUT2D eigenvalue weighted by molar-refractivity contribution is 7.91. The quantitative estimate of drug-likeness (QED) is 0.758. The van der Waals surface area contributed by atoms with Crippen LogP contribution in [-0.2, 0) is 26.0 Å². The van der Waals surface area contributed by atoms with Crippen molar-refractivity contribution in [2.24, 2.45) is 5.10 Å². The fourth-order valence-corrected chi connectivity index (χ4v) is 5.16. The number of carbonyl (C=O) groups is 2. The molecule has 0 aromatic carbocycles. The lowest BCUT2D eigenvalue weighted by Crippen LogP contribution is -2.45. The van der Waals surface area contributed by atoms with E-state index in [0.717, 1.165) is 12.8 Å². The molecule has 1 aromatic rings. The first kappa shape index (κ1) is 17.3. The highest BCUT2D eigenvalue weighted by Gasteiger charge is 2.40. The van der Waals surface area contributed by atoms with Gasteiger partial charge in [0, 0.05) is 18.9 Å².